The minimum atomic E-state index is -0.257. The number of fused-ring (bicyclic) bond motifs is 2. The Hall–Kier alpha value is -4.74. The van der Waals surface area contributed by atoms with Crippen molar-refractivity contribution in [2.45, 2.75) is 83.0 Å². The lowest BCUT2D eigenvalue weighted by Crippen LogP contribution is -2.68. The Morgan fingerprint density at radius 2 is 1.00 bits per heavy atom. The van der Waals surface area contributed by atoms with E-state index < -0.39 is 0 Å². The molecule has 4 fully saturated rings. The molecule has 60 heavy (non-hydrogen) atoms. The average molecular weight is 819 g/mol. The molecule has 1 N–H and O–H groups in total. The molecule has 322 valence electrons. The van der Waals surface area contributed by atoms with Gasteiger partial charge in [-0.1, -0.05) is 116 Å². The summed E-state index contributed by atoms with van der Waals surface area (Å²) >= 11 is 0. The number of methoxy groups -OCH3 is 3. The zero-order valence-electron chi connectivity index (χ0n) is 35.5. The second-order valence-corrected chi connectivity index (χ2v) is 16.7. The van der Waals surface area contributed by atoms with Crippen molar-refractivity contribution in [2.75, 3.05) is 73.8 Å². The van der Waals surface area contributed by atoms with Crippen LogP contribution >= 0.6 is 0 Å². The summed E-state index contributed by atoms with van der Waals surface area (Å²) in [6.07, 6.45) is 3.61. The third-order valence-electron chi connectivity index (χ3n) is 13.0. The van der Waals surface area contributed by atoms with Crippen LogP contribution in [0.4, 0.5) is 9.59 Å². The Bertz CT molecular complexity index is 2010. The third-order valence-corrected chi connectivity index (χ3v) is 13.0. The molecule has 4 aromatic carbocycles. The van der Waals surface area contributed by atoms with Crippen molar-refractivity contribution in [1.29, 1.82) is 0 Å². The van der Waals surface area contributed by atoms with Crippen LogP contribution in [0, 0.1) is 13.8 Å². The molecule has 4 heterocycles. The highest BCUT2D eigenvalue weighted by Crippen LogP contribution is 2.44. The number of nitrogens with zero attached hydrogens (tertiary/aromatic N) is 4. The lowest BCUT2D eigenvalue weighted by molar-refractivity contribution is -0.0693. The van der Waals surface area contributed by atoms with Crippen LogP contribution in [0.3, 0.4) is 0 Å². The number of aryl methyl sites for hydroxylation is 2. The maximum absolute atomic E-state index is 12.2. The standard InChI is InChI=1S/C25H32N2O3.C24H30N2O3.CH4/c1-18-7-6-8-21(15-18)19-9-11-20(12-10-19)24-22-16-26(25(28)30-3)13-4-5-14-27(22)23(24)17-29-2;1-17-6-5-7-20(14-17)18-8-10-19(11-9-18)23-21-15-25(24(28)29-2)12-3-4-13-26(21)22(23)16-27;/h6-12,15,22-24H,4-5,13-14,16-17H2,1-3H3;5-11,14,21-23,27H,3-4,12-13,15-16H2,1-2H3;1H4/t22-,23+,24-;21-,22+,23-;/m00./s1. The highest BCUT2D eigenvalue weighted by atomic mass is 16.5. The maximum atomic E-state index is 12.2. The molecule has 0 saturated carbocycles. The van der Waals surface area contributed by atoms with E-state index in [1.807, 2.05) is 9.80 Å². The molecular formula is C50H66N4O6. The van der Waals surface area contributed by atoms with E-state index in [9.17, 15) is 14.7 Å². The highest BCUT2D eigenvalue weighted by molar-refractivity contribution is 5.68. The van der Waals surface area contributed by atoms with Crippen LogP contribution in [-0.4, -0.2) is 135 Å². The molecule has 4 aliphatic heterocycles. The second-order valence-electron chi connectivity index (χ2n) is 16.7. The quantitative estimate of drug-likeness (QED) is 0.198. The van der Waals surface area contributed by atoms with Crippen LogP contribution in [0.5, 0.6) is 0 Å². The first-order valence-electron chi connectivity index (χ1n) is 21.4. The van der Waals surface area contributed by atoms with E-state index >= 15 is 0 Å². The predicted molar refractivity (Wildman–Crippen MR) is 239 cm³/mol. The van der Waals surface area contributed by atoms with Gasteiger partial charge >= 0.3 is 12.2 Å². The lowest BCUT2D eigenvalue weighted by Gasteiger charge is -2.57. The van der Waals surface area contributed by atoms with E-state index in [-0.39, 0.29) is 44.2 Å². The van der Waals surface area contributed by atoms with Gasteiger partial charge < -0.3 is 29.1 Å². The number of hydrogen-bond donors (Lipinski definition) is 1. The van der Waals surface area contributed by atoms with Gasteiger partial charge in [-0.3, -0.25) is 9.80 Å². The molecule has 10 nitrogen and oxygen atoms in total. The summed E-state index contributed by atoms with van der Waals surface area (Å²) in [5, 5.41) is 10.1. The minimum absolute atomic E-state index is 0. The Morgan fingerprint density at radius 1 is 0.583 bits per heavy atom. The molecule has 2 amide bonds. The molecule has 0 radical (unpaired) electrons. The van der Waals surface area contributed by atoms with Crippen LogP contribution in [0.2, 0.25) is 0 Å². The number of amides is 2. The van der Waals surface area contributed by atoms with Crippen molar-refractivity contribution in [3.8, 4) is 22.3 Å². The molecule has 4 saturated heterocycles. The van der Waals surface area contributed by atoms with Gasteiger partial charge in [-0.05, 0) is 86.0 Å². The zero-order chi connectivity index (χ0) is 41.5. The molecule has 0 bridgehead atoms. The summed E-state index contributed by atoms with van der Waals surface area (Å²) in [7, 11) is 4.68. The van der Waals surface area contributed by atoms with Crippen molar-refractivity contribution in [3.05, 3.63) is 119 Å². The van der Waals surface area contributed by atoms with Gasteiger partial charge in [-0.25, -0.2) is 9.59 Å². The van der Waals surface area contributed by atoms with E-state index in [1.165, 1.54) is 58.7 Å². The number of aliphatic hydroxyl groups is 1. The molecule has 4 aromatic rings. The predicted octanol–water partition coefficient (Wildman–Crippen LogP) is 8.60. The first-order valence-corrected chi connectivity index (χ1v) is 21.4. The van der Waals surface area contributed by atoms with Crippen molar-refractivity contribution >= 4 is 12.2 Å². The number of ether oxygens (including phenoxy) is 3. The normalized spacial score (nSPS) is 24.2. The fourth-order valence-electron chi connectivity index (χ4n) is 10.1. The summed E-state index contributed by atoms with van der Waals surface area (Å²) in [5.41, 5.74) is 9.95. The number of carbonyl (C=O) groups excluding carboxylic acids is 2. The van der Waals surface area contributed by atoms with E-state index in [1.54, 1.807) is 7.11 Å². The SMILES string of the molecule is C.COC(=O)N1CCCCN2[C@H](CO)[C@@H](c3ccc(-c4cccc(C)c4)cc3)[C@@H]2C1.COC[C@@H]1[C@@H](c2ccc(-c3cccc(C)c3)cc2)[C@@H]2CN(C(=O)OC)CCCCN12. The van der Waals surface area contributed by atoms with Crippen molar-refractivity contribution in [1.82, 2.24) is 19.6 Å². The highest BCUT2D eigenvalue weighted by Gasteiger charge is 2.51. The summed E-state index contributed by atoms with van der Waals surface area (Å²) < 4.78 is 15.6. The number of rotatable bonds is 7. The fourth-order valence-corrected chi connectivity index (χ4v) is 10.1. The topological polar surface area (TPSA) is 95.0 Å². The molecule has 8 rings (SSSR count). The number of benzene rings is 4. The molecule has 0 spiro atoms. The summed E-state index contributed by atoms with van der Waals surface area (Å²) in [5.74, 6) is 0.568. The molecule has 10 heteroatoms. The van der Waals surface area contributed by atoms with E-state index in [0.29, 0.717) is 37.7 Å². The first kappa shape index (κ1) is 44.8. The molecular weight excluding hydrogens is 753 g/mol. The van der Waals surface area contributed by atoms with Gasteiger partial charge in [0.2, 0.25) is 0 Å². The van der Waals surface area contributed by atoms with Crippen molar-refractivity contribution < 1.29 is 28.9 Å². The monoisotopic (exact) mass is 818 g/mol. The van der Waals surface area contributed by atoms with Crippen molar-refractivity contribution in [3.63, 3.8) is 0 Å². The third kappa shape index (κ3) is 9.73. The van der Waals surface area contributed by atoms with Gasteiger partial charge in [0.1, 0.15) is 0 Å². The second kappa shape index (κ2) is 20.7. The van der Waals surface area contributed by atoms with Gasteiger partial charge in [0.05, 0.1) is 27.4 Å². The first-order chi connectivity index (χ1) is 28.7. The van der Waals surface area contributed by atoms with Crippen LogP contribution < -0.4 is 0 Å². The Kier molecular flexibility index (Phi) is 15.4. The van der Waals surface area contributed by atoms with Gasteiger partial charge in [0.15, 0.2) is 0 Å². The van der Waals surface area contributed by atoms with Gasteiger partial charge in [-0.15, -0.1) is 0 Å². The minimum Gasteiger partial charge on any atom is -0.453 e. The van der Waals surface area contributed by atoms with Crippen molar-refractivity contribution in [2.24, 2.45) is 0 Å². The van der Waals surface area contributed by atoms with E-state index in [0.717, 1.165) is 51.9 Å². The van der Waals surface area contributed by atoms with Gasteiger partial charge in [0.25, 0.3) is 0 Å². The number of hydrogen-bond acceptors (Lipinski definition) is 8. The molecule has 0 unspecified atom stereocenters. The smallest absolute Gasteiger partial charge is 0.409 e. The molecule has 0 aromatic heterocycles. The van der Waals surface area contributed by atoms with Crippen LogP contribution in [0.25, 0.3) is 22.3 Å². The fraction of sp³-hybridized carbons (Fsp3) is 0.480. The van der Waals surface area contributed by atoms with Crippen LogP contribution in [0.15, 0.2) is 97.1 Å². The van der Waals surface area contributed by atoms with Crippen LogP contribution in [0.1, 0.15) is 67.2 Å². The summed E-state index contributed by atoms with van der Waals surface area (Å²) in [6.45, 7) is 9.97. The van der Waals surface area contributed by atoms with Gasteiger partial charge in [0, 0.05) is 69.3 Å². The maximum Gasteiger partial charge on any atom is 0.409 e. The number of aliphatic hydroxyl groups excluding tert-OH is 1. The van der Waals surface area contributed by atoms with Crippen LogP contribution in [-0.2, 0) is 14.2 Å². The Morgan fingerprint density at radius 3 is 1.40 bits per heavy atom. The molecule has 0 aliphatic carbocycles. The van der Waals surface area contributed by atoms with Gasteiger partial charge in [-0.2, -0.15) is 0 Å². The Labute approximate surface area is 358 Å². The Balaban J connectivity index is 0.000000198. The summed E-state index contributed by atoms with van der Waals surface area (Å²) in [4.78, 5) is 33.0. The largest absolute Gasteiger partial charge is 0.453 e. The zero-order valence-corrected chi connectivity index (χ0v) is 35.5. The lowest BCUT2D eigenvalue weighted by atomic mass is 9.74. The molecule has 6 atom stereocenters. The van der Waals surface area contributed by atoms with E-state index in [4.69, 9.17) is 14.2 Å². The molecule has 4 aliphatic rings. The average Bonchev–Trinajstić information content (AvgIpc) is 3.24. The van der Waals surface area contributed by atoms with E-state index in [2.05, 4.69) is 121 Å². The number of carbonyl (C=O) groups is 2. The summed E-state index contributed by atoms with van der Waals surface area (Å²) in [6, 6.07) is 35.8.